The van der Waals surface area contributed by atoms with E-state index in [4.69, 9.17) is 5.11 Å². The largest absolute Gasteiger partial charge is 0.480 e. The molecule has 2 N–H and O–H groups in total. The van der Waals surface area contributed by atoms with Crippen LogP contribution in [-0.2, 0) is 21.1 Å². The third kappa shape index (κ3) is 4.97. The fourth-order valence-corrected chi connectivity index (χ4v) is 1.96. The summed E-state index contributed by atoms with van der Waals surface area (Å²) >= 11 is 0. The quantitative estimate of drug-likeness (QED) is 0.716. The molecule has 0 aliphatic rings. The molecular weight excluding hydrogens is 242 g/mol. The third-order valence-corrected chi connectivity index (χ3v) is 3.35. The molecule has 0 saturated carbocycles. The summed E-state index contributed by atoms with van der Waals surface area (Å²) in [6.45, 7) is 0.478. The van der Waals surface area contributed by atoms with Gasteiger partial charge in [-0.15, -0.1) is 0 Å². The van der Waals surface area contributed by atoms with Gasteiger partial charge in [0.25, 0.3) is 0 Å². The normalized spacial score (nSPS) is 11.4. The predicted molar refractivity (Wildman–Crippen MR) is 63.8 cm³/mol. The van der Waals surface area contributed by atoms with Crippen LogP contribution in [0.1, 0.15) is 5.56 Å². The minimum Gasteiger partial charge on any atom is -0.480 e. The van der Waals surface area contributed by atoms with Crippen molar-refractivity contribution in [2.24, 2.45) is 0 Å². The number of benzene rings is 1. The topological polar surface area (TPSA) is 83.5 Å². The van der Waals surface area contributed by atoms with Crippen LogP contribution in [0.3, 0.4) is 0 Å². The monoisotopic (exact) mass is 257 g/mol. The van der Waals surface area contributed by atoms with E-state index >= 15 is 0 Å². The summed E-state index contributed by atoms with van der Waals surface area (Å²) in [6, 6.07) is 6.58. The number of hydrogen-bond acceptors (Lipinski definition) is 4. The molecule has 1 aromatic rings. The van der Waals surface area contributed by atoms with E-state index in [9.17, 15) is 13.2 Å². The third-order valence-electron chi connectivity index (χ3n) is 2.22. The lowest BCUT2D eigenvalue weighted by Gasteiger charge is -2.03. The van der Waals surface area contributed by atoms with Gasteiger partial charge in [-0.2, -0.15) is 0 Å². The van der Waals surface area contributed by atoms with E-state index in [1.165, 1.54) is 0 Å². The summed E-state index contributed by atoms with van der Waals surface area (Å²) in [6.07, 6.45) is 1.83. The second-order valence-electron chi connectivity index (χ2n) is 3.74. The fourth-order valence-electron chi connectivity index (χ4n) is 1.33. The number of nitrogens with one attached hydrogen (secondary N) is 1. The Balaban J connectivity index is 2.49. The first kappa shape index (κ1) is 13.7. The van der Waals surface area contributed by atoms with Gasteiger partial charge < -0.3 is 10.4 Å². The van der Waals surface area contributed by atoms with E-state index in [-0.39, 0.29) is 6.54 Å². The van der Waals surface area contributed by atoms with Crippen molar-refractivity contribution in [1.82, 2.24) is 5.32 Å². The molecule has 0 atom stereocenters. The van der Waals surface area contributed by atoms with Gasteiger partial charge in [0.05, 0.1) is 11.4 Å². The number of aliphatic carboxylic acids is 1. The van der Waals surface area contributed by atoms with Gasteiger partial charge in [0.1, 0.15) is 0 Å². The summed E-state index contributed by atoms with van der Waals surface area (Å²) in [7, 11) is -3.15. The van der Waals surface area contributed by atoms with Gasteiger partial charge in [0.15, 0.2) is 9.84 Å². The smallest absolute Gasteiger partial charge is 0.317 e. The summed E-state index contributed by atoms with van der Waals surface area (Å²) < 4.78 is 22.4. The highest BCUT2D eigenvalue weighted by atomic mass is 32.2. The van der Waals surface area contributed by atoms with Crippen molar-refractivity contribution in [1.29, 1.82) is 0 Å². The molecule has 0 radical (unpaired) electrons. The zero-order valence-electron chi connectivity index (χ0n) is 9.51. The zero-order valence-corrected chi connectivity index (χ0v) is 10.3. The van der Waals surface area contributed by atoms with E-state index in [0.717, 1.165) is 11.8 Å². The van der Waals surface area contributed by atoms with Crippen molar-refractivity contribution >= 4 is 15.8 Å². The van der Waals surface area contributed by atoms with Gasteiger partial charge in [0.2, 0.25) is 0 Å². The molecule has 0 unspecified atom stereocenters. The molecule has 0 amide bonds. The number of carbonyl (C=O) groups is 1. The van der Waals surface area contributed by atoms with Crippen LogP contribution >= 0.6 is 0 Å². The number of carboxylic acids is 1. The standard InChI is InChI=1S/C11H15NO4S/c1-17(15,16)10-4-2-9(3-5-10)6-7-12-8-11(13)14/h2-5,12H,6-8H2,1H3,(H,13,14). The van der Waals surface area contributed by atoms with Crippen LogP contribution in [0, 0.1) is 0 Å². The summed E-state index contributed by atoms with van der Waals surface area (Å²) in [4.78, 5) is 10.5. The van der Waals surface area contributed by atoms with Gasteiger partial charge in [-0.1, -0.05) is 12.1 Å². The molecular formula is C11H15NO4S. The molecule has 94 valence electrons. The van der Waals surface area contributed by atoms with Gasteiger partial charge in [-0.3, -0.25) is 4.79 Å². The van der Waals surface area contributed by atoms with E-state index in [1.54, 1.807) is 24.3 Å². The van der Waals surface area contributed by atoms with Crippen molar-refractivity contribution in [2.75, 3.05) is 19.3 Å². The van der Waals surface area contributed by atoms with Crippen molar-refractivity contribution in [3.8, 4) is 0 Å². The van der Waals surface area contributed by atoms with Crippen LogP contribution < -0.4 is 5.32 Å². The Labute approximate surface area is 100 Å². The summed E-state index contributed by atoms with van der Waals surface area (Å²) in [5, 5.41) is 11.2. The lowest BCUT2D eigenvalue weighted by atomic mass is 10.1. The molecule has 5 nitrogen and oxygen atoms in total. The van der Waals surface area contributed by atoms with Gasteiger partial charge in [0, 0.05) is 6.26 Å². The van der Waals surface area contributed by atoms with E-state index in [0.29, 0.717) is 17.9 Å². The van der Waals surface area contributed by atoms with Gasteiger partial charge in [-0.25, -0.2) is 8.42 Å². The lowest BCUT2D eigenvalue weighted by Crippen LogP contribution is -2.24. The zero-order chi connectivity index (χ0) is 12.9. The van der Waals surface area contributed by atoms with Crippen LogP contribution in [0.5, 0.6) is 0 Å². The van der Waals surface area contributed by atoms with E-state index in [1.807, 2.05) is 0 Å². The average molecular weight is 257 g/mol. The van der Waals surface area contributed by atoms with E-state index in [2.05, 4.69) is 5.32 Å². The molecule has 0 aliphatic carbocycles. The van der Waals surface area contributed by atoms with Crippen LogP contribution in [0.2, 0.25) is 0 Å². The molecule has 17 heavy (non-hydrogen) atoms. The maximum absolute atomic E-state index is 11.2. The molecule has 0 bridgehead atoms. The highest BCUT2D eigenvalue weighted by molar-refractivity contribution is 7.90. The Morgan fingerprint density at radius 3 is 2.35 bits per heavy atom. The SMILES string of the molecule is CS(=O)(=O)c1ccc(CCNCC(=O)O)cc1. The Morgan fingerprint density at radius 1 is 1.29 bits per heavy atom. The number of carboxylic acid groups (broad SMARTS) is 1. The van der Waals surface area contributed by atoms with Gasteiger partial charge in [-0.05, 0) is 30.7 Å². The van der Waals surface area contributed by atoms with Crippen LogP contribution in [0.4, 0.5) is 0 Å². The first-order valence-corrected chi connectivity index (χ1v) is 7.00. The average Bonchev–Trinajstić information content (AvgIpc) is 2.23. The second-order valence-corrected chi connectivity index (χ2v) is 5.75. The second kappa shape index (κ2) is 5.79. The minimum absolute atomic E-state index is 0.0680. The highest BCUT2D eigenvalue weighted by Gasteiger charge is 2.05. The van der Waals surface area contributed by atoms with Crippen LogP contribution in [0.15, 0.2) is 29.2 Å². The molecule has 1 aromatic carbocycles. The van der Waals surface area contributed by atoms with Crippen LogP contribution in [-0.4, -0.2) is 38.8 Å². The summed E-state index contributed by atoms with van der Waals surface area (Å²) in [5.74, 6) is -0.891. The molecule has 6 heteroatoms. The minimum atomic E-state index is -3.15. The van der Waals surface area contributed by atoms with Crippen molar-refractivity contribution in [3.05, 3.63) is 29.8 Å². The first-order chi connectivity index (χ1) is 7.89. The van der Waals surface area contributed by atoms with E-state index < -0.39 is 15.8 Å². The molecule has 0 aliphatic heterocycles. The molecule has 0 heterocycles. The fraction of sp³-hybridized carbons (Fsp3) is 0.364. The van der Waals surface area contributed by atoms with Gasteiger partial charge >= 0.3 is 5.97 Å². The Kier molecular flexibility index (Phi) is 4.65. The van der Waals surface area contributed by atoms with Crippen molar-refractivity contribution in [3.63, 3.8) is 0 Å². The molecule has 0 spiro atoms. The molecule has 0 aromatic heterocycles. The molecule has 0 fully saturated rings. The van der Waals surface area contributed by atoms with Crippen LogP contribution in [0.25, 0.3) is 0 Å². The first-order valence-electron chi connectivity index (χ1n) is 5.11. The maximum Gasteiger partial charge on any atom is 0.317 e. The van der Waals surface area contributed by atoms with Crippen molar-refractivity contribution in [2.45, 2.75) is 11.3 Å². The maximum atomic E-state index is 11.2. The lowest BCUT2D eigenvalue weighted by molar-refractivity contribution is -0.135. The Bertz CT molecular complexity index is 479. The predicted octanol–water partition coefficient (Wildman–Crippen LogP) is 0.307. The number of sulfone groups is 1. The summed E-state index contributed by atoms with van der Waals surface area (Å²) in [5.41, 5.74) is 0.968. The molecule has 1 rings (SSSR count). The van der Waals surface area contributed by atoms with Crippen molar-refractivity contribution < 1.29 is 18.3 Å². The molecule has 0 saturated heterocycles. The Hall–Kier alpha value is -1.40. The number of hydrogen-bond donors (Lipinski definition) is 2. The number of rotatable bonds is 6. The highest BCUT2D eigenvalue weighted by Crippen LogP contribution is 2.10. The Morgan fingerprint density at radius 2 is 1.88 bits per heavy atom.